The molecule has 2 rings (SSSR count). The van der Waals surface area contributed by atoms with Crippen molar-refractivity contribution in [3.8, 4) is 5.75 Å². The van der Waals surface area contributed by atoms with Crippen molar-refractivity contribution in [3.05, 3.63) is 29.8 Å². The van der Waals surface area contributed by atoms with Gasteiger partial charge in [0, 0.05) is 11.6 Å². The normalized spacial score (nSPS) is 23.7. The molecule has 6 heteroatoms. The van der Waals surface area contributed by atoms with Gasteiger partial charge in [0.2, 0.25) is 0 Å². The fourth-order valence-electron chi connectivity index (χ4n) is 2.94. The first-order valence-corrected chi connectivity index (χ1v) is 8.43. The minimum atomic E-state index is -0.252. The van der Waals surface area contributed by atoms with Crippen LogP contribution in [0.3, 0.4) is 0 Å². The molecular weight excluding hydrogens is 310 g/mol. The van der Waals surface area contributed by atoms with Crippen LogP contribution in [-0.2, 0) is 0 Å². The van der Waals surface area contributed by atoms with Crippen molar-refractivity contribution in [2.24, 2.45) is 11.8 Å². The molecule has 1 aliphatic rings. The molecule has 0 unspecified atom stereocenters. The first-order valence-electron chi connectivity index (χ1n) is 8.02. The third kappa shape index (κ3) is 4.82. The molecule has 5 nitrogen and oxygen atoms in total. The van der Waals surface area contributed by atoms with Crippen molar-refractivity contribution >= 4 is 23.2 Å². The summed E-state index contributed by atoms with van der Waals surface area (Å²) in [5.41, 5.74) is 5.91. The smallest absolute Gasteiger partial charge is 0.269 e. The fourth-order valence-corrected chi connectivity index (χ4v) is 3.14. The van der Waals surface area contributed by atoms with Crippen LogP contribution in [0.5, 0.6) is 5.75 Å². The zero-order valence-corrected chi connectivity index (χ0v) is 14.7. The van der Waals surface area contributed by atoms with Crippen LogP contribution in [0.4, 0.5) is 0 Å². The van der Waals surface area contributed by atoms with Crippen LogP contribution in [0.1, 0.15) is 43.5 Å². The summed E-state index contributed by atoms with van der Waals surface area (Å²) in [6, 6.07) is 7.32. The number of carbonyl (C=O) groups is 1. The number of hydrogen-bond donors (Lipinski definition) is 3. The molecule has 3 N–H and O–H groups in total. The molecule has 126 valence electrons. The minimum absolute atomic E-state index is 0.252. The molecule has 0 bridgehead atoms. The SMILES string of the molecule is COc1cccc(C(=O)NNC(=S)N[C@H]2CCC[C@@H](C)[C@H]2C)c1. The Bertz CT molecular complexity index is 565. The standard InChI is InChI=1S/C17H25N3O2S/c1-11-6-4-9-15(12(11)2)18-17(23)20-19-16(21)13-7-5-8-14(10-13)22-3/h5,7-8,10-12,15H,4,6,9H2,1-3H3,(H,19,21)(H2,18,20,23)/t11-,12-,15+/m1/s1. The lowest BCUT2D eigenvalue weighted by atomic mass is 9.78. The van der Waals surface area contributed by atoms with E-state index in [-0.39, 0.29) is 5.91 Å². The highest BCUT2D eigenvalue weighted by Crippen LogP contribution is 2.29. The van der Waals surface area contributed by atoms with Crippen LogP contribution in [-0.4, -0.2) is 24.2 Å². The van der Waals surface area contributed by atoms with Gasteiger partial charge in [-0.1, -0.05) is 32.8 Å². The number of thiocarbonyl (C=S) groups is 1. The molecule has 0 saturated heterocycles. The molecule has 0 radical (unpaired) electrons. The highest BCUT2D eigenvalue weighted by molar-refractivity contribution is 7.80. The summed E-state index contributed by atoms with van der Waals surface area (Å²) in [5.74, 6) is 1.65. The summed E-state index contributed by atoms with van der Waals surface area (Å²) in [5, 5.41) is 3.76. The highest BCUT2D eigenvalue weighted by Gasteiger charge is 2.27. The van der Waals surface area contributed by atoms with Gasteiger partial charge >= 0.3 is 0 Å². The van der Waals surface area contributed by atoms with Gasteiger partial charge in [0.25, 0.3) is 5.91 Å². The van der Waals surface area contributed by atoms with Gasteiger partial charge in [0.1, 0.15) is 5.75 Å². The average Bonchev–Trinajstić information content (AvgIpc) is 2.57. The van der Waals surface area contributed by atoms with Gasteiger partial charge in [-0.25, -0.2) is 0 Å². The van der Waals surface area contributed by atoms with E-state index in [0.717, 1.165) is 6.42 Å². The highest BCUT2D eigenvalue weighted by atomic mass is 32.1. The second-order valence-corrected chi connectivity index (χ2v) is 6.57. The fraction of sp³-hybridized carbons (Fsp3) is 0.529. The lowest BCUT2D eigenvalue weighted by Gasteiger charge is -2.35. The van der Waals surface area contributed by atoms with Crippen molar-refractivity contribution in [2.75, 3.05) is 7.11 Å². The maximum atomic E-state index is 12.1. The van der Waals surface area contributed by atoms with Crippen molar-refractivity contribution in [1.29, 1.82) is 0 Å². The van der Waals surface area contributed by atoms with Crippen LogP contribution in [0.2, 0.25) is 0 Å². The summed E-state index contributed by atoms with van der Waals surface area (Å²) in [4.78, 5) is 12.1. The van der Waals surface area contributed by atoms with Crippen molar-refractivity contribution in [1.82, 2.24) is 16.2 Å². The van der Waals surface area contributed by atoms with E-state index >= 15 is 0 Å². The lowest BCUT2D eigenvalue weighted by molar-refractivity contribution is 0.0943. The molecule has 1 aromatic carbocycles. The zero-order valence-electron chi connectivity index (χ0n) is 13.9. The molecule has 1 aliphatic carbocycles. The van der Waals surface area contributed by atoms with E-state index in [1.807, 2.05) is 0 Å². The maximum absolute atomic E-state index is 12.1. The molecule has 3 atom stereocenters. The number of hydrogen-bond acceptors (Lipinski definition) is 3. The van der Waals surface area contributed by atoms with E-state index in [4.69, 9.17) is 17.0 Å². The Labute approximate surface area is 143 Å². The van der Waals surface area contributed by atoms with Gasteiger partial charge in [-0.3, -0.25) is 15.6 Å². The third-order valence-corrected chi connectivity index (χ3v) is 4.86. The van der Waals surface area contributed by atoms with Gasteiger partial charge in [-0.15, -0.1) is 0 Å². The molecule has 1 fully saturated rings. The molecule has 1 aromatic rings. The Kier molecular flexibility index (Phi) is 6.21. The lowest BCUT2D eigenvalue weighted by Crippen LogP contribution is -2.52. The minimum Gasteiger partial charge on any atom is -0.497 e. The number of benzene rings is 1. The first kappa shape index (κ1) is 17.5. The van der Waals surface area contributed by atoms with E-state index in [1.165, 1.54) is 12.8 Å². The van der Waals surface area contributed by atoms with Gasteiger partial charge in [-0.05, 0) is 48.7 Å². The van der Waals surface area contributed by atoms with E-state index in [1.54, 1.807) is 31.4 Å². The zero-order chi connectivity index (χ0) is 16.8. The van der Waals surface area contributed by atoms with Crippen molar-refractivity contribution in [3.63, 3.8) is 0 Å². The molecular formula is C17H25N3O2S. The van der Waals surface area contributed by atoms with Crippen LogP contribution in [0.15, 0.2) is 24.3 Å². The van der Waals surface area contributed by atoms with Gasteiger partial charge in [-0.2, -0.15) is 0 Å². The number of nitrogens with one attached hydrogen (secondary N) is 3. The average molecular weight is 335 g/mol. The van der Waals surface area contributed by atoms with E-state index in [2.05, 4.69) is 30.0 Å². The first-order chi connectivity index (χ1) is 11.0. The molecule has 1 amide bonds. The van der Waals surface area contributed by atoms with Gasteiger partial charge in [0.15, 0.2) is 5.11 Å². The van der Waals surface area contributed by atoms with Crippen LogP contribution >= 0.6 is 12.2 Å². The maximum Gasteiger partial charge on any atom is 0.269 e. The molecule has 0 aliphatic heterocycles. The predicted octanol–water partition coefficient (Wildman–Crippen LogP) is 2.63. The Morgan fingerprint density at radius 3 is 2.78 bits per heavy atom. The Morgan fingerprint density at radius 1 is 1.26 bits per heavy atom. The number of methoxy groups -OCH3 is 1. The second kappa shape index (κ2) is 8.15. The third-order valence-electron chi connectivity index (χ3n) is 4.64. The number of amides is 1. The van der Waals surface area contributed by atoms with Crippen molar-refractivity contribution < 1.29 is 9.53 Å². The summed E-state index contributed by atoms with van der Waals surface area (Å²) >= 11 is 5.28. The van der Waals surface area contributed by atoms with Crippen LogP contribution < -0.4 is 20.9 Å². The van der Waals surface area contributed by atoms with E-state index in [0.29, 0.717) is 34.3 Å². The van der Waals surface area contributed by atoms with Crippen molar-refractivity contribution in [2.45, 2.75) is 39.2 Å². The number of rotatable bonds is 3. The van der Waals surface area contributed by atoms with Crippen LogP contribution in [0, 0.1) is 11.8 Å². The Balaban J connectivity index is 1.82. The molecule has 23 heavy (non-hydrogen) atoms. The van der Waals surface area contributed by atoms with E-state index in [9.17, 15) is 4.79 Å². The largest absolute Gasteiger partial charge is 0.497 e. The summed E-state index contributed by atoms with van der Waals surface area (Å²) in [6.07, 6.45) is 3.59. The molecule has 0 aromatic heterocycles. The molecule has 0 spiro atoms. The van der Waals surface area contributed by atoms with Gasteiger partial charge < -0.3 is 10.1 Å². The quantitative estimate of drug-likeness (QED) is 0.585. The topological polar surface area (TPSA) is 62.4 Å². The summed E-state index contributed by atoms with van der Waals surface area (Å²) < 4.78 is 5.11. The second-order valence-electron chi connectivity index (χ2n) is 6.16. The Morgan fingerprint density at radius 2 is 2.04 bits per heavy atom. The number of carbonyl (C=O) groups excluding carboxylic acids is 1. The monoisotopic (exact) mass is 335 g/mol. The Hall–Kier alpha value is -1.82. The summed E-state index contributed by atoms with van der Waals surface area (Å²) in [6.45, 7) is 4.53. The van der Waals surface area contributed by atoms with Gasteiger partial charge in [0.05, 0.1) is 7.11 Å². The molecule has 0 heterocycles. The summed E-state index contributed by atoms with van der Waals surface area (Å²) in [7, 11) is 1.57. The number of ether oxygens (including phenoxy) is 1. The predicted molar refractivity (Wildman–Crippen MR) is 95.3 cm³/mol. The molecule has 1 saturated carbocycles. The number of hydrazine groups is 1. The van der Waals surface area contributed by atoms with E-state index < -0.39 is 0 Å². The van der Waals surface area contributed by atoms with Crippen LogP contribution in [0.25, 0.3) is 0 Å².